The number of aromatic nitrogens is 4. The second kappa shape index (κ2) is 8.03. The van der Waals surface area contributed by atoms with E-state index in [9.17, 15) is 4.79 Å². The largest absolute Gasteiger partial charge is 0.474 e. The van der Waals surface area contributed by atoms with Gasteiger partial charge in [0.2, 0.25) is 5.88 Å². The van der Waals surface area contributed by atoms with Gasteiger partial charge in [-0.05, 0) is 19.9 Å². The van der Waals surface area contributed by atoms with E-state index in [0.29, 0.717) is 30.5 Å². The van der Waals surface area contributed by atoms with Crippen LogP contribution in [0.2, 0.25) is 0 Å². The summed E-state index contributed by atoms with van der Waals surface area (Å²) < 4.78 is 7.70. The highest BCUT2D eigenvalue weighted by Crippen LogP contribution is 2.22. The molecule has 1 fully saturated rings. The van der Waals surface area contributed by atoms with Gasteiger partial charge in [-0.15, -0.1) is 0 Å². The maximum Gasteiger partial charge on any atom is 0.272 e. The lowest BCUT2D eigenvalue weighted by atomic mass is 10.1. The van der Waals surface area contributed by atoms with E-state index >= 15 is 0 Å². The predicted molar refractivity (Wildman–Crippen MR) is 110 cm³/mol. The second-order valence-corrected chi connectivity index (χ2v) is 7.41. The summed E-state index contributed by atoms with van der Waals surface area (Å²) in [5.41, 5.74) is 3.31. The van der Waals surface area contributed by atoms with Crippen LogP contribution in [-0.2, 0) is 7.05 Å². The third kappa shape index (κ3) is 4.29. The van der Waals surface area contributed by atoms with Crippen LogP contribution >= 0.6 is 0 Å². The lowest BCUT2D eigenvalue weighted by molar-refractivity contribution is 0.0577. The first-order chi connectivity index (χ1) is 14.0. The van der Waals surface area contributed by atoms with Crippen molar-refractivity contribution < 1.29 is 9.53 Å². The summed E-state index contributed by atoms with van der Waals surface area (Å²) in [6, 6.07) is 13.6. The van der Waals surface area contributed by atoms with Gasteiger partial charge in [0.05, 0.1) is 5.69 Å². The molecule has 1 aliphatic rings. The fourth-order valence-corrected chi connectivity index (χ4v) is 3.67. The van der Waals surface area contributed by atoms with Gasteiger partial charge >= 0.3 is 0 Å². The molecule has 0 saturated carbocycles. The molecule has 1 amide bonds. The topological polar surface area (TPSA) is 73.1 Å². The van der Waals surface area contributed by atoms with Gasteiger partial charge in [-0.3, -0.25) is 9.48 Å². The Morgan fingerprint density at radius 2 is 1.79 bits per heavy atom. The SMILES string of the molecule is Cc1cc(OC2CCN(C(=O)c3cc(-c4ccccc4)nn3C)CC2)nc(C)n1. The van der Waals surface area contributed by atoms with Crippen molar-refractivity contribution in [3.8, 4) is 17.1 Å². The average Bonchev–Trinajstić information content (AvgIpc) is 3.10. The second-order valence-electron chi connectivity index (χ2n) is 7.41. The highest BCUT2D eigenvalue weighted by atomic mass is 16.5. The van der Waals surface area contributed by atoms with Crippen molar-refractivity contribution >= 4 is 5.91 Å². The van der Waals surface area contributed by atoms with Gasteiger partial charge in [-0.2, -0.15) is 10.1 Å². The Labute approximate surface area is 170 Å². The molecule has 0 radical (unpaired) electrons. The van der Waals surface area contributed by atoms with Crippen molar-refractivity contribution in [1.29, 1.82) is 0 Å². The third-order valence-corrected chi connectivity index (χ3v) is 5.13. The minimum absolute atomic E-state index is 0.00866. The number of amides is 1. The average molecular weight is 391 g/mol. The number of ether oxygens (including phenoxy) is 1. The maximum atomic E-state index is 13.0. The number of nitrogens with zero attached hydrogens (tertiary/aromatic N) is 5. The van der Waals surface area contributed by atoms with Crippen molar-refractivity contribution in [3.63, 3.8) is 0 Å². The number of piperidine rings is 1. The van der Waals surface area contributed by atoms with Gasteiger partial charge in [0.15, 0.2) is 0 Å². The van der Waals surface area contributed by atoms with Gasteiger partial charge in [0, 0.05) is 50.3 Å². The molecule has 0 bridgehead atoms. The number of hydrogen-bond donors (Lipinski definition) is 0. The zero-order valence-corrected chi connectivity index (χ0v) is 17.0. The highest BCUT2D eigenvalue weighted by Gasteiger charge is 2.27. The Morgan fingerprint density at radius 3 is 2.48 bits per heavy atom. The molecule has 0 N–H and O–H groups in total. The quantitative estimate of drug-likeness (QED) is 0.683. The fraction of sp³-hybridized carbons (Fsp3) is 0.364. The zero-order valence-electron chi connectivity index (χ0n) is 17.0. The minimum atomic E-state index is 0.00866. The molecule has 4 rings (SSSR count). The Hall–Kier alpha value is -3.22. The van der Waals surface area contributed by atoms with E-state index < -0.39 is 0 Å². The predicted octanol–water partition coefficient (Wildman–Crippen LogP) is 3.18. The first kappa shape index (κ1) is 19.1. The summed E-state index contributed by atoms with van der Waals surface area (Å²) >= 11 is 0. The first-order valence-electron chi connectivity index (χ1n) is 9.87. The highest BCUT2D eigenvalue weighted by molar-refractivity contribution is 5.93. The third-order valence-electron chi connectivity index (χ3n) is 5.13. The van der Waals surface area contributed by atoms with Crippen LogP contribution in [0.1, 0.15) is 34.8 Å². The van der Waals surface area contributed by atoms with Gasteiger partial charge < -0.3 is 9.64 Å². The van der Waals surface area contributed by atoms with Crippen LogP contribution in [0, 0.1) is 13.8 Å². The van der Waals surface area contributed by atoms with Crippen molar-refractivity contribution in [3.05, 3.63) is 59.7 Å². The Balaban J connectivity index is 1.40. The molecule has 3 heterocycles. The van der Waals surface area contributed by atoms with Crippen LogP contribution in [0.4, 0.5) is 0 Å². The molecule has 7 heteroatoms. The number of aryl methyl sites for hydroxylation is 3. The van der Waals surface area contributed by atoms with Crippen molar-refractivity contribution in [2.45, 2.75) is 32.8 Å². The summed E-state index contributed by atoms with van der Waals surface area (Å²) in [5.74, 6) is 1.33. The van der Waals surface area contributed by atoms with E-state index in [4.69, 9.17) is 4.74 Å². The van der Waals surface area contributed by atoms with Gasteiger partial charge in [0.1, 0.15) is 17.6 Å². The van der Waals surface area contributed by atoms with Crippen molar-refractivity contribution in [2.75, 3.05) is 13.1 Å². The van der Waals surface area contributed by atoms with E-state index in [1.807, 2.05) is 68.3 Å². The van der Waals surface area contributed by atoms with E-state index in [2.05, 4.69) is 15.1 Å². The summed E-state index contributed by atoms with van der Waals surface area (Å²) in [6.45, 7) is 5.09. The smallest absolute Gasteiger partial charge is 0.272 e. The molecule has 29 heavy (non-hydrogen) atoms. The van der Waals surface area contributed by atoms with E-state index in [1.54, 1.807) is 4.68 Å². The Kier molecular flexibility index (Phi) is 5.29. The van der Waals surface area contributed by atoms with Crippen molar-refractivity contribution in [1.82, 2.24) is 24.6 Å². The first-order valence-corrected chi connectivity index (χ1v) is 9.87. The zero-order chi connectivity index (χ0) is 20.4. The molecule has 7 nitrogen and oxygen atoms in total. The summed E-state index contributed by atoms with van der Waals surface area (Å²) in [4.78, 5) is 23.5. The summed E-state index contributed by atoms with van der Waals surface area (Å²) in [7, 11) is 1.81. The van der Waals surface area contributed by atoms with Gasteiger partial charge in [0.25, 0.3) is 5.91 Å². The van der Waals surface area contributed by atoms with Crippen LogP contribution in [0.3, 0.4) is 0 Å². The number of likely N-dealkylation sites (tertiary alicyclic amines) is 1. The lowest BCUT2D eigenvalue weighted by Crippen LogP contribution is -2.42. The number of carbonyl (C=O) groups excluding carboxylic acids is 1. The van der Waals surface area contributed by atoms with Gasteiger partial charge in [-0.1, -0.05) is 30.3 Å². The van der Waals surface area contributed by atoms with E-state index in [1.165, 1.54) is 0 Å². The minimum Gasteiger partial charge on any atom is -0.474 e. The molecule has 1 aliphatic heterocycles. The van der Waals surface area contributed by atoms with Crippen LogP contribution < -0.4 is 4.74 Å². The number of carbonyl (C=O) groups is 1. The number of benzene rings is 1. The van der Waals surface area contributed by atoms with E-state index in [-0.39, 0.29) is 12.0 Å². The van der Waals surface area contributed by atoms with Crippen LogP contribution in [-0.4, -0.2) is 49.7 Å². The molecule has 0 spiro atoms. The molecule has 150 valence electrons. The standard InChI is InChI=1S/C22H25N5O2/c1-15-13-21(24-16(2)23-15)29-18-9-11-27(12-10-18)22(28)20-14-19(25-26(20)3)17-7-5-4-6-8-17/h4-8,13-14,18H,9-12H2,1-3H3. The van der Waals surface area contributed by atoms with Gasteiger partial charge in [-0.25, -0.2) is 4.98 Å². The molecule has 3 aromatic rings. The molecule has 1 saturated heterocycles. The maximum absolute atomic E-state index is 13.0. The van der Waals surface area contributed by atoms with E-state index in [0.717, 1.165) is 29.8 Å². The molecule has 0 unspecified atom stereocenters. The summed E-state index contributed by atoms with van der Waals surface area (Å²) in [5, 5.41) is 4.51. The Morgan fingerprint density at radius 1 is 1.07 bits per heavy atom. The Bertz CT molecular complexity index is 987. The normalized spacial score (nSPS) is 14.8. The lowest BCUT2D eigenvalue weighted by Gasteiger charge is -2.31. The van der Waals surface area contributed by atoms with Crippen LogP contribution in [0.5, 0.6) is 5.88 Å². The number of hydrogen-bond acceptors (Lipinski definition) is 5. The van der Waals surface area contributed by atoms with Crippen LogP contribution in [0.15, 0.2) is 42.5 Å². The number of rotatable bonds is 4. The molecular weight excluding hydrogens is 366 g/mol. The molecule has 1 aromatic carbocycles. The molecular formula is C22H25N5O2. The fourth-order valence-electron chi connectivity index (χ4n) is 3.67. The summed E-state index contributed by atoms with van der Waals surface area (Å²) in [6.07, 6.45) is 1.60. The molecule has 0 atom stereocenters. The monoisotopic (exact) mass is 391 g/mol. The molecule has 2 aromatic heterocycles. The van der Waals surface area contributed by atoms with Crippen molar-refractivity contribution in [2.24, 2.45) is 7.05 Å². The van der Waals surface area contributed by atoms with Crippen LogP contribution in [0.25, 0.3) is 11.3 Å². The molecule has 0 aliphatic carbocycles.